The lowest BCUT2D eigenvalue weighted by Gasteiger charge is -2.28. The Kier molecular flexibility index (Phi) is 4.76. The molecule has 0 N–H and O–H groups in total. The van der Waals surface area contributed by atoms with Crippen molar-refractivity contribution in [3.63, 3.8) is 0 Å². The number of carbonyl (C=O) groups is 2. The second-order valence-corrected chi connectivity index (χ2v) is 6.10. The number of likely N-dealkylation sites (N-methyl/N-ethyl adjacent to an activating group) is 1. The molecule has 0 bridgehead atoms. The molecule has 9 nitrogen and oxygen atoms in total. The first-order valence-electron chi connectivity index (χ1n) is 8.27. The van der Waals surface area contributed by atoms with Gasteiger partial charge < -0.3 is 14.2 Å². The predicted molar refractivity (Wildman–Crippen MR) is 96.4 cm³/mol. The topological polar surface area (TPSA) is 112 Å². The average Bonchev–Trinajstić information content (AvgIpc) is 2.64. The summed E-state index contributed by atoms with van der Waals surface area (Å²) in [6.45, 7) is 3.29. The zero-order valence-corrected chi connectivity index (χ0v) is 14.8. The first-order chi connectivity index (χ1) is 12.8. The Morgan fingerprint density at radius 1 is 1.30 bits per heavy atom. The molecule has 1 aliphatic rings. The highest BCUT2D eigenvalue weighted by atomic mass is 16.6. The number of anilines is 1. The number of aryl methyl sites for hydroxylation is 1. The maximum Gasteiger partial charge on any atom is 0.286 e. The molecule has 0 saturated carbocycles. The van der Waals surface area contributed by atoms with E-state index in [0.717, 1.165) is 10.8 Å². The molecule has 1 aromatic heterocycles. The number of carbonyl (C=O) groups excluding carboxylic acids is 2. The van der Waals surface area contributed by atoms with Gasteiger partial charge in [-0.25, -0.2) is 0 Å². The molecule has 0 unspecified atom stereocenters. The fraction of sp³-hybridized carbons (Fsp3) is 0.278. The summed E-state index contributed by atoms with van der Waals surface area (Å²) in [5.74, 6) is -0.120. The number of aromatic nitrogens is 1. The van der Waals surface area contributed by atoms with Gasteiger partial charge >= 0.3 is 0 Å². The van der Waals surface area contributed by atoms with Crippen LogP contribution in [0.3, 0.4) is 0 Å². The maximum atomic E-state index is 12.6. The Labute approximate surface area is 153 Å². The molecule has 0 fully saturated rings. The molecule has 0 saturated heterocycles. The van der Waals surface area contributed by atoms with E-state index < -0.39 is 16.3 Å². The molecule has 0 spiro atoms. The molecule has 1 aromatic carbocycles. The summed E-state index contributed by atoms with van der Waals surface area (Å²) in [6.07, 6.45) is 1.05. The number of benzene rings is 1. The fourth-order valence-electron chi connectivity index (χ4n) is 2.95. The molecule has 2 aromatic rings. The van der Waals surface area contributed by atoms with Gasteiger partial charge in [0, 0.05) is 23.7 Å². The molecule has 2 heterocycles. The number of hydrogen-bond donors (Lipinski definition) is 0. The molecule has 0 aliphatic carbocycles. The molecule has 140 valence electrons. The highest BCUT2D eigenvalue weighted by molar-refractivity contribution is 6.01. The van der Waals surface area contributed by atoms with Gasteiger partial charge in [0.15, 0.2) is 12.4 Å². The van der Waals surface area contributed by atoms with Gasteiger partial charge in [-0.05, 0) is 32.0 Å². The van der Waals surface area contributed by atoms with E-state index in [1.807, 2.05) is 6.92 Å². The van der Waals surface area contributed by atoms with Gasteiger partial charge in [0.25, 0.3) is 17.2 Å². The summed E-state index contributed by atoms with van der Waals surface area (Å²) >= 11 is 0. The van der Waals surface area contributed by atoms with Gasteiger partial charge in [-0.2, -0.15) is 0 Å². The quantitative estimate of drug-likeness (QED) is 0.449. The average molecular weight is 371 g/mol. The molecular weight excluding hydrogens is 354 g/mol. The smallest absolute Gasteiger partial charge is 0.286 e. The lowest BCUT2D eigenvalue weighted by atomic mass is 10.1. The van der Waals surface area contributed by atoms with Crippen LogP contribution in [0.2, 0.25) is 0 Å². The number of hydrogen-bond acceptors (Lipinski definition) is 6. The van der Waals surface area contributed by atoms with E-state index in [-0.39, 0.29) is 35.9 Å². The van der Waals surface area contributed by atoms with E-state index in [9.17, 15) is 24.5 Å². The molecule has 0 atom stereocenters. The van der Waals surface area contributed by atoms with Crippen LogP contribution < -0.4 is 15.2 Å². The second kappa shape index (κ2) is 7.02. The van der Waals surface area contributed by atoms with Gasteiger partial charge in [0.05, 0.1) is 23.4 Å². The number of Topliss-reactive ketones (excluding diaryl/α,β-unsaturated/α-hetero) is 1. The lowest BCUT2D eigenvalue weighted by molar-refractivity contribution is -0.385. The standard InChI is InChI=1S/C18H17N3O6/c1-3-20-14-7-12(4-5-16(14)27-10-17(20)23)15(22)9-19-8-13(21(25)26)6-11(2)18(19)24/h4-8H,3,9-10H2,1-2H3. The van der Waals surface area contributed by atoms with Crippen molar-refractivity contribution in [3.8, 4) is 5.75 Å². The van der Waals surface area contributed by atoms with Crippen LogP contribution in [0.25, 0.3) is 0 Å². The van der Waals surface area contributed by atoms with Crippen LogP contribution >= 0.6 is 0 Å². The van der Waals surface area contributed by atoms with Crippen molar-refractivity contribution in [1.29, 1.82) is 0 Å². The maximum absolute atomic E-state index is 12.6. The summed E-state index contributed by atoms with van der Waals surface area (Å²) < 4.78 is 6.39. The minimum Gasteiger partial charge on any atom is -0.482 e. The van der Waals surface area contributed by atoms with Gasteiger partial charge in [-0.3, -0.25) is 24.5 Å². The largest absolute Gasteiger partial charge is 0.482 e. The summed E-state index contributed by atoms with van der Waals surface area (Å²) in [5, 5.41) is 11.0. The molecule has 1 amide bonds. The number of nitrogens with zero attached hydrogens (tertiary/aromatic N) is 3. The Morgan fingerprint density at radius 3 is 2.70 bits per heavy atom. The Bertz CT molecular complexity index is 1010. The molecule has 27 heavy (non-hydrogen) atoms. The van der Waals surface area contributed by atoms with Gasteiger partial charge in [-0.1, -0.05) is 0 Å². The van der Waals surface area contributed by atoms with Gasteiger partial charge in [0.1, 0.15) is 5.75 Å². The third-order valence-corrected chi connectivity index (χ3v) is 4.32. The Balaban J connectivity index is 1.94. The van der Waals surface area contributed by atoms with Crippen LogP contribution in [0.15, 0.2) is 35.3 Å². The zero-order chi connectivity index (χ0) is 19.7. The minimum absolute atomic E-state index is 0.0590. The van der Waals surface area contributed by atoms with Crippen molar-refractivity contribution in [2.45, 2.75) is 20.4 Å². The first-order valence-corrected chi connectivity index (χ1v) is 8.27. The van der Waals surface area contributed by atoms with Gasteiger partial charge in [0.2, 0.25) is 0 Å². The van der Waals surface area contributed by atoms with Gasteiger partial charge in [-0.15, -0.1) is 0 Å². The third kappa shape index (κ3) is 3.43. The highest BCUT2D eigenvalue weighted by Crippen LogP contribution is 2.33. The summed E-state index contributed by atoms with van der Waals surface area (Å²) in [4.78, 5) is 48.7. The van der Waals surface area contributed by atoms with Crippen molar-refractivity contribution < 1.29 is 19.2 Å². The first kappa shape index (κ1) is 18.3. The SMILES string of the molecule is CCN1C(=O)COc2ccc(C(=O)Cn3cc([N+](=O)[O-])cc(C)c3=O)cc21. The van der Waals surface area contributed by atoms with Crippen LogP contribution in [0.4, 0.5) is 11.4 Å². The van der Waals surface area contributed by atoms with Crippen LogP contribution in [-0.2, 0) is 11.3 Å². The van der Waals surface area contributed by atoms with Crippen molar-refractivity contribution in [2.75, 3.05) is 18.1 Å². The predicted octanol–water partition coefficient (Wildman–Crippen LogP) is 1.69. The monoisotopic (exact) mass is 371 g/mol. The second-order valence-electron chi connectivity index (χ2n) is 6.10. The molecular formula is C18H17N3O6. The van der Waals surface area contributed by atoms with Crippen molar-refractivity contribution in [2.24, 2.45) is 0 Å². The fourth-order valence-corrected chi connectivity index (χ4v) is 2.95. The van der Waals surface area contributed by atoms with Crippen molar-refractivity contribution in [3.05, 3.63) is 62.1 Å². The number of fused-ring (bicyclic) bond motifs is 1. The van der Waals surface area contributed by atoms with Crippen LogP contribution in [0, 0.1) is 17.0 Å². The van der Waals surface area contributed by atoms with Crippen LogP contribution in [-0.4, -0.2) is 34.3 Å². The Hall–Kier alpha value is -3.49. The summed E-state index contributed by atoms with van der Waals surface area (Å²) in [5.41, 5.74) is 0.212. The van der Waals surface area contributed by atoms with Crippen LogP contribution in [0.1, 0.15) is 22.8 Å². The van der Waals surface area contributed by atoms with E-state index in [1.54, 1.807) is 12.1 Å². The number of ketones is 1. The van der Waals surface area contributed by atoms with E-state index >= 15 is 0 Å². The Morgan fingerprint density at radius 2 is 2.04 bits per heavy atom. The number of amides is 1. The summed E-state index contributed by atoms with van der Waals surface area (Å²) in [6, 6.07) is 5.84. The molecule has 0 radical (unpaired) electrons. The normalized spacial score (nSPS) is 13.1. The van der Waals surface area contributed by atoms with Crippen molar-refractivity contribution in [1.82, 2.24) is 4.57 Å². The van der Waals surface area contributed by atoms with Crippen LogP contribution in [0.5, 0.6) is 5.75 Å². The number of pyridine rings is 1. The summed E-state index contributed by atoms with van der Waals surface area (Å²) in [7, 11) is 0. The lowest BCUT2D eigenvalue weighted by Crippen LogP contribution is -2.38. The number of rotatable bonds is 5. The number of ether oxygens (including phenoxy) is 1. The molecule has 3 rings (SSSR count). The van der Waals surface area contributed by atoms with E-state index in [4.69, 9.17) is 4.74 Å². The highest BCUT2D eigenvalue weighted by Gasteiger charge is 2.25. The van der Waals surface area contributed by atoms with Crippen molar-refractivity contribution >= 4 is 23.1 Å². The number of nitro groups is 1. The minimum atomic E-state index is -0.617. The van der Waals surface area contributed by atoms with E-state index in [1.165, 1.54) is 24.0 Å². The third-order valence-electron chi connectivity index (χ3n) is 4.32. The molecule has 9 heteroatoms. The zero-order valence-electron chi connectivity index (χ0n) is 14.8. The van der Waals surface area contributed by atoms with E-state index in [2.05, 4.69) is 0 Å². The van der Waals surface area contributed by atoms with E-state index in [0.29, 0.717) is 18.0 Å². The molecule has 1 aliphatic heterocycles.